The number of anilines is 1. The minimum atomic E-state index is -4.60. The van der Waals surface area contributed by atoms with Crippen molar-refractivity contribution in [3.8, 4) is 0 Å². The maximum Gasteiger partial charge on any atom is 0.417 e. The summed E-state index contributed by atoms with van der Waals surface area (Å²) in [5.41, 5.74) is 0.115. The number of halogens is 4. The number of rotatable bonds is 3. The maximum atomic E-state index is 13.2. The number of nitrogens with one attached hydrogen (secondary N) is 1. The Morgan fingerprint density at radius 1 is 1.17 bits per heavy atom. The molecule has 1 N–H and O–H groups in total. The van der Waals surface area contributed by atoms with Gasteiger partial charge in [-0.1, -0.05) is 54.9 Å². The number of aromatic nitrogens is 2. The van der Waals surface area contributed by atoms with E-state index in [9.17, 15) is 18.0 Å². The van der Waals surface area contributed by atoms with Gasteiger partial charge >= 0.3 is 6.18 Å². The van der Waals surface area contributed by atoms with E-state index in [1.807, 2.05) is 30.3 Å². The standard InChI is InChI=1S/C21H15ClF3N3O/c1-2-16-18(28-11-13(21(23,24)25)10-15(22)19(28)26-16)20(29)27-17-9-5-7-12-6-3-4-8-14(12)17/h3-11H,2H2,1H3,(H,27,29). The number of fused-ring (bicyclic) bond motifs is 2. The Labute approximate surface area is 168 Å². The summed E-state index contributed by atoms with van der Waals surface area (Å²) in [5.74, 6) is -0.555. The molecule has 148 valence electrons. The first-order valence-corrected chi connectivity index (χ1v) is 9.24. The predicted octanol–water partition coefficient (Wildman–Crippen LogP) is 5.97. The minimum absolute atomic E-state index is 0.0310. The molecule has 2 aromatic carbocycles. The predicted molar refractivity (Wildman–Crippen MR) is 106 cm³/mol. The van der Waals surface area contributed by atoms with Crippen LogP contribution >= 0.6 is 11.6 Å². The summed E-state index contributed by atoms with van der Waals surface area (Å²) in [4.78, 5) is 17.4. The van der Waals surface area contributed by atoms with E-state index in [-0.39, 0.29) is 16.4 Å². The molecule has 1 amide bonds. The van der Waals surface area contributed by atoms with Gasteiger partial charge < -0.3 is 5.32 Å². The zero-order valence-corrected chi connectivity index (χ0v) is 16.0. The fraction of sp³-hybridized carbons (Fsp3) is 0.143. The van der Waals surface area contributed by atoms with Crippen LogP contribution in [0.15, 0.2) is 54.7 Å². The Bertz CT molecular complexity index is 1240. The molecule has 2 aromatic heterocycles. The molecule has 0 unspecified atom stereocenters. The number of hydrogen-bond acceptors (Lipinski definition) is 2. The van der Waals surface area contributed by atoms with E-state index in [1.165, 1.54) is 0 Å². The average Bonchev–Trinajstić information content (AvgIpc) is 3.07. The van der Waals surface area contributed by atoms with Crippen molar-refractivity contribution in [2.45, 2.75) is 19.5 Å². The lowest BCUT2D eigenvalue weighted by molar-refractivity contribution is -0.137. The second-order valence-electron chi connectivity index (χ2n) is 6.51. The van der Waals surface area contributed by atoms with Gasteiger partial charge in [0.05, 0.1) is 16.3 Å². The third kappa shape index (κ3) is 3.42. The summed E-state index contributed by atoms with van der Waals surface area (Å²) in [6, 6.07) is 13.8. The fourth-order valence-corrected chi connectivity index (χ4v) is 3.56. The average molecular weight is 418 g/mol. The van der Waals surface area contributed by atoms with Crippen molar-refractivity contribution in [2.24, 2.45) is 0 Å². The van der Waals surface area contributed by atoms with Gasteiger partial charge in [0, 0.05) is 17.3 Å². The molecule has 0 fully saturated rings. The van der Waals surface area contributed by atoms with Gasteiger partial charge in [0.15, 0.2) is 5.65 Å². The Morgan fingerprint density at radius 3 is 2.62 bits per heavy atom. The van der Waals surface area contributed by atoms with Crippen LogP contribution in [0, 0.1) is 0 Å². The van der Waals surface area contributed by atoms with Crippen molar-refractivity contribution in [1.29, 1.82) is 0 Å². The van der Waals surface area contributed by atoms with Crippen molar-refractivity contribution in [1.82, 2.24) is 9.38 Å². The van der Waals surface area contributed by atoms with Gasteiger partial charge in [-0.2, -0.15) is 13.2 Å². The molecular formula is C21H15ClF3N3O. The number of amides is 1. The van der Waals surface area contributed by atoms with Crippen molar-refractivity contribution in [3.05, 3.63) is 76.7 Å². The van der Waals surface area contributed by atoms with E-state index in [0.717, 1.165) is 27.4 Å². The van der Waals surface area contributed by atoms with E-state index >= 15 is 0 Å². The number of alkyl halides is 3. The molecule has 0 aliphatic heterocycles. The summed E-state index contributed by atoms with van der Waals surface area (Å²) >= 11 is 6.04. The van der Waals surface area contributed by atoms with Gasteiger partial charge in [0.1, 0.15) is 5.69 Å². The molecule has 8 heteroatoms. The van der Waals surface area contributed by atoms with Crippen LogP contribution in [-0.4, -0.2) is 15.3 Å². The fourth-order valence-electron chi connectivity index (χ4n) is 3.31. The zero-order chi connectivity index (χ0) is 20.8. The van der Waals surface area contributed by atoms with Crippen LogP contribution in [0.3, 0.4) is 0 Å². The highest BCUT2D eigenvalue weighted by Gasteiger charge is 2.33. The molecule has 29 heavy (non-hydrogen) atoms. The molecule has 0 spiro atoms. The van der Waals surface area contributed by atoms with Gasteiger partial charge in [-0.05, 0) is 23.9 Å². The van der Waals surface area contributed by atoms with Crippen LogP contribution < -0.4 is 5.32 Å². The second kappa shape index (κ2) is 7.08. The Kier molecular flexibility index (Phi) is 4.70. The van der Waals surface area contributed by atoms with Gasteiger partial charge in [-0.25, -0.2) is 4.98 Å². The molecule has 2 heterocycles. The molecule has 0 aliphatic carbocycles. The minimum Gasteiger partial charge on any atom is -0.320 e. The summed E-state index contributed by atoms with van der Waals surface area (Å²) in [7, 11) is 0. The van der Waals surface area contributed by atoms with Crippen molar-refractivity contribution < 1.29 is 18.0 Å². The van der Waals surface area contributed by atoms with E-state index in [1.54, 1.807) is 19.1 Å². The van der Waals surface area contributed by atoms with Crippen molar-refractivity contribution in [3.63, 3.8) is 0 Å². The number of hydrogen-bond donors (Lipinski definition) is 1. The van der Waals surface area contributed by atoms with Crippen LogP contribution in [0.25, 0.3) is 16.4 Å². The van der Waals surface area contributed by atoms with Crippen LogP contribution in [0.4, 0.5) is 18.9 Å². The Hall–Kier alpha value is -3.06. The molecule has 0 radical (unpaired) electrons. The van der Waals surface area contributed by atoms with Gasteiger partial charge in [0.2, 0.25) is 0 Å². The second-order valence-corrected chi connectivity index (χ2v) is 6.92. The van der Waals surface area contributed by atoms with E-state index < -0.39 is 17.6 Å². The summed E-state index contributed by atoms with van der Waals surface area (Å²) < 4.78 is 40.9. The lowest BCUT2D eigenvalue weighted by Gasteiger charge is -2.11. The summed E-state index contributed by atoms with van der Waals surface area (Å²) in [6.45, 7) is 1.77. The van der Waals surface area contributed by atoms with E-state index in [4.69, 9.17) is 11.6 Å². The molecule has 0 atom stereocenters. The first-order valence-electron chi connectivity index (χ1n) is 8.86. The first kappa shape index (κ1) is 19.3. The highest BCUT2D eigenvalue weighted by molar-refractivity contribution is 6.33. The van der Waals surface area contributed by atoms with Crippen LogP contribution in [0.2, 0.25) is 5.02 Å². The number of carbonyl (C=O) groups is 1. The molecule has 0 aliphatic rings. The van der Waals surface area contributed by atoms with Gasteiger partial charge in [-0.15, -0.1) is 0 Å². The highest BCUT2D eigenvalue weighted by Crippen LogP contribution is 2.33. The number of aryl methyl sites for hydroxylation is 1. The molecule has 4 aromatic rings. The molecular weight excluding hydrogens is 403 g/mol. The van der Waals surface area contributed by atoms with E-state index in [2.05, 4.69) is 10.3 Å². The van der Waals surface area contributed by atoms with Crippen molar-refractivity contribution in [2.75, 3.05) is 5.32 Å². The van der Waals surface area contributed by atoms with Crippen LogP contribution in [0.1, 0.15) is 28.7 Å². The Balaban J connectivity index is 1.85. The zero-order valence-electron chi connectivity index (χ0n) is 15.2. The van der Waals surface area contributed by atoms with E-state index in [0.29, 0.717) is 17.8 Å². The maximum absolute atomic E-state index is 13.2. The number of imidazole rings is 1. The van der Waals surface area contributed by atoms with Crippen LogP contribution in [-0.2, 0) is 12.6 Å². The largest absolute Gasteiger partial charge is 0.417 e. The molecule has 0 saturated heterocycles. The molecule has 0 saturated carbocycles. The normalized spacial score (nSPS) is 11.9. The lowest BCUT2D eigenvalue weighted by Crippen LogP contribution is -2.17. The monoisotopic (exact) mass is 417 g/mol. The van der Waals surface area contributed by atoms with Crippen molar-refractivity contribution >= 4 is 39.6 Å². The van der Waals surface area contributed by atoms with Gasteiger partial charge in [0.25, 0.3) is 5.91 Å². The smallest absolute Gasteiger partial charge is 0.320 e. The summed E-state index contributed by atoms with van der Waals surface area (Å²) in [6.07, 6.45) is -3.39. The summed E-state index contributed by atoms with van der Waals surface area (Å²) in [5, 5.41) is 4.40. The molecule has 4 rings (SSSR count). The highest BCUT2D eigenvalue weighted by atomic mass is 35.5. The number of pyridine rings is 1. The number of carbonyl (C=O) groups excluding carboxylic acids is 1. The third-order valence-corrected chi connectivity index (χ3v) is 4.94. The Morgan fingerprint density at radius 2 is 1.90 bits per heavy atom. The molecule has 0 bridgehead atoms. The first-order chi connectivity index (χ1) is 13.8. The van der Waals surface area contributed by atoms with Crippen LogP contribution in [0.5, 0.6) is 0 Å². The number of nitrogens with zero attached hydrogens (tertiary/aromatic N) is 2. The topological polar surface area (TPSA) is 46.4 Å². The lowest BCUT2D eigenvalue weighted by atomic mass is 10.1. The SMILES string of the molecule is CCc1nc2c(Cl)cc(C(F)(F)F)cn2c1C(=O)Nc1cccc2ccccc12. The number of benzene rings is 2. The molecule has 4 nitrogen and oxygen atoms in total. The third-order valence-electron chi connectivity index (χ3n) is 4.66. The quantitative estimate of drug-likeness (QED) is 0.446. The van der Waals surface area contributed by atoms with Gasteiger partial charge in [-0.3, -0.25) is 9.20 Å².